The lowest BCUT2D eigenvalue weighted by Gasteiger charge is -2.33. The van der Waals surface area contributed by atoms with Crippen LogP contribution in [0.4, 0.5) is 0 Å². The lowest BCUT2D eigenvalue weighted by Crippen LogP contribution is -2.53. The molecule has 3 aromatic rings. The Morgan fingerprint density at radius 2 is 1.65 bits per heavy atom. The average Bonchev–Trinajstić information content (AvgIpc) is 3.28. The van der Waals surface area contributed by atoms with Gasteiger partial charge in [-0.25, -0.2) is 8.42 Å². The van der Waals surface area contributed by atoms with Crippen LogP contribution in [0.15, 0.2) is 75.0 Å². The van der Waals surface area contributed by atoms with E-state index in [1.165, 1.54) is 27.8 Å². The third kappa shape index (κ3) is 5.46. The Labute approximate surface area is 215 Å². The van der Waals surface area contributed by atoms with Crippen molar-refractivity contribution in [2.75, 3.05) is 32.8 Å². The third-order valence-corrected chi connectivity index (χ3v) is 8.76. The van der Waals surface area contributed by atoms with Gasteiger partial charge in [-0.3, -0.25) is 14.5 Å². The highest BCUT2D eigenvalue weighted by Gasteiger charge is 2.33. The SMILES string of the molecule is Cc1ccccc1S(=O)(=O)N1CCN(CCOc2coc(CN3Cc4ccccc4C3)cc2=O)C(=O)C1. The van der Waals surface area contributed by atoms with Gasteiger partial charge in [-0.1, -0.05) is 42.5 Å². The van der Waals surface area contributed by atoms with Gasteiger partial charge >= 0.3 is 0 Å². The summed E-state index contributed by atoms with van der Waals surface area (Å²) in [6.45, 7) is 4.43. The number of sulfonamides is 1. The summed E-state index contributed by atoms with van der Waals surface area (Å²) in [6, 6.07) is 16.4. The van der Waals surface area contributed by atoms with Crippen molar-refractivity contribution in [2.45, 2.75) is 31.5 Å². The Kier molecular flexibility index (Phi) is 7.14. The molecule has 0 radical (unpaired) electrons. The van der Waals surface area contributed by atoms with Crippen molar-refractivity contribution < 1.29 is 22.4 Å². The average molecular weight is 524 g/mol. The minimum Gasteiger partial charge on any atom is -0.485 e. The van der Waals surface area contributed by atoms with E-state index in [9.17, 15) is 18.0 Å². The van der Waals surface area contributed by atoms with E-state index in [0.717, 1.165) is 13.1 Å². The summed E-state index contributed by atoms with van der Waals surface area (Å²) in [5, 5.41) is 0. The Morgan fingerprint density at radius 3 is 2.32 bits per heavy atom. The molecular formula is C27H29N3O6S. The van der Waals surface area contributed by atoms with Gasteiger partial charge in [-0.05, 0) is 29.7 Å². The Bertz CT molecular complexity index is 1440. The van der Waals surface area contributed by atoms with E-state index in [-0.39, 0.29) is 54.8 Å². The maximum absolute atomic E-state index is 13.0. The summed E-state index contributed by atoms with van der Waals surface area (Å²) in [5.74, 6) is 0.342. The lowest BCUT2D eigenvalue weighted by atomic mass is 10.1. The number of fused-ring (bicyclic) bond motifs is 1. The molecule has 2 aliphatic rings. The molecule has 1 fully saturated rings. The van der Waals surface area contributed by atoms with Crippen molar-refractivity contribution in [3.63, 3.8) is 0 Å². The van der Waals surface area contributed by atoms with Gasteiger partial charge in [0.15, 0.2) is 0 Å². The second-order valence-corrected chi connectivity index (χ2v) is 11.2. The first-order valence-electron chi connectivity index (χ1n) is 12.2. The van der Waals surface area contributed by atoms with Crippen LogP contribution >= 0.6 is 0 Å². The van der Waals surface area contributed by atoms with Gasteiger partial charge in [0, 0.05) is 32.2 Å². The summed E-state index contributed by atoms with van der Waals surface area (Å²) in [4.78, 5) is 29.1. The first kappa shape index (κ1) is 25.2. The van der Waals surface area contributed by atoms with Crippen LogP contribution in [-0.4, -0.2) is 61.2 Å². The molecule has 37 heavy (non-hydrogen) atoms. The summed E-state index contributed by atoms with van der Waals surface area (Å²) in [5.41, 5.74) is 2.93. The zero-order valence-corrected chi connectivity index (χ0v) is 21.4. The second kappa shape index (κ2) is 10.5. The summed E-state index contributed by atoms with van der Waals surface area (Å²) in [6.07, 6.45) is 1.31. The maximum atomic E-state index is 13.0. The number of carbonyl (C=O) groups excluding carboxylic acids is 1. The molecule has 2 aliphatic heterocycles. The van der Waals surface area contributed by atoms with Gasteiger partial charge < -0.3 is 14.1 Å². The van der Waals surface area contributed by atoms with Crippen LogP contribution in [0.2, 0.25) is 0 Å². The molecule has 0 N–H and O–H groups in total. The highest BCUT2D eigenvalue weighted by atomic mass is 32.2. The Morgan fingerprint density at radius 1 is 0.946 bits per heavy atom. The number of carbonyl (C=O) groups is 1. The van der Waals surface area contributed by atoms with Crippen molar-refractivity contribution in [1.82, 2.24) is 14.1 Å². The molecule has 1 saturated heterocycles. The van der Waals surface area contributed by atoms with Crippen LogP contribution in [0.3, 0.4) is 0 Å². The number of rotatable bonds is 8. The van der Waals surface area contributed by atoms with Crippen LogP contribution in [0.25, 0.3) is 0 Å². The first-order chi connectivity index (χ1) is 17.8. The molecule has 5 rings (SSSR count). The molecule has 2 aromatic carbocycles. The fourth-order valence-corrected chi connectivity index (χ4v) is 6.35. The molecule has 9 nitrogen and oxygen atoms in total. The van der Waals surface area contributed by atoms with Gasteiger partial charge in [0.05, 0.1) is 24.5 Å². The lowest BCUT2D eigenvalue weighted by molar-refractivity contribution is -0.134. The van der Waals surface area contributed by atoms with Crippen LogP contribution in [0.5, 0.6) is 5.75 Å². The minimum absolute atomic E-state index is 0.0849. The van der Waals surface area contributed by atoms with Crippen molar-refractivity contribution in [2.24, 2.45) is 0 Å². The highest BCUT2D eigenvalue weighted by molar-refractivity contribution is 7.89. The Balaban J connectivity index is 1.12. The molecule has 0 saturated carbocycles. The number of hydrogen-bond donors (Lipinski definition) is 0. The monoisotopic (exact) mass is 523 g/mol. The summed E-state index contributed by atoms with van der Waals surface area (Å²) >= 11 is 0. The topological polar surface area (TPSA) is 100 Å². The fraction of sp³-hybridized carbons (Fsp3) is 0.333. The van der Waals surface area contributed by atoms with Gasteiger partial charge in [-0.2, -0.15) is 4.31 Å². The van der Waals surface area contributed by atoms with Crippen molar-refractivity contribution in [3.8, 4) is 5.75 Å². The van der Waals surface area contributed by atoms with Crippen LogP contribution in [0.1, 0.15) is 22.5 Å². The zero-order chi connectivity index (χ0) is 26.0. The van der Waals surface area contributed by atoms with Crippen LogP contribution in [0, 0.1) is 6.92 Å². The number of piperazine rings is 1. The van der Waals surface area contributed by atoms with Gasteiger partial charge in [0.1, 0.15) is 18.6 Å². The number of hydrogen-bond acceptors (Lipinski definition) is 7. The number of nitrogens with zero attached hydrogens (tertiary/aromatic N) is 3. The number of aryl methyl sites for hydroxylation is 1. The van der Waals surface area contributed by atoms with E-state index in [2.05, 4.69) is 17.0 Å². The quantitative estimate of drug-likeness (QED) is 0.447. The summed E-state index contributed by atoms with van der Waals surface area (Å²) in [7, 11) is -3.75. The largest absolute Gasteiger partial charge is 0.485 e. The normalized spacial score (nSPS) is 16.7. The molecule has 3 heterocycles. The van der Waals surface area contributed by atoms with Crippen LogP contribution in [-0.2, 0) is 34.5 Å². The molecule has 0 unspecified atom stereocenters. The standard InChI is InChI=1S/C27H29N3O6S/c1-20-6-2-5-9-26(20)37(33,34)30-11-10-29(27(32)18-30)12-13-35-25-19-36-23(14-24(25)31)17-28-15-21-7-3-4-8-22(21)16-28/h2-9,14,19H,10-13,15-18H2,1H3. The molecule has 0 aliphatic carbocycles. The van der Waals surface area contributed by atoms with Gasteiger partial charge in [-0.15, -0.1) is 0 Å². The van der Waals surface area contributed by atoms with Crippen molar-refractivity contribution in [3.05, 3.63) is 93.5 Å². The molecule has 0 spiro atoms. The predicted octanol–water partition coefficient (Wildman–Crippen LogP) is 2.38. The smallest absolute Gasteiger partial charge is 0.243 e. The first-order valence-corrected chi connectivity index (χ1v) is 13.6. The van der Waals surface area contributed by atoms with Crippen LogP contribution < -0.4 is 10.2 Å². The van der Waals surface area contributed by atoms with Crippen molar-refractivity contribution in [1.29, 1.82) is 0 Å². The molecule has 0 atom stereocenters. The van der Waals surface area contributed by atoms with E-state index in [0.29, 0.717) is 17.9 Å². The molecule has 194 valence electrons. The zero-order valence-electron chi connectivity index (χ0n) is 20.6. The molecule has 1 aromatic heterocycles. The predicted molar refractivity (Wildman–Crippen MR) is 136 cm³/mol. The van der Waals surface area contributed by atoms with Crippen molar-refractivity contribution >= 4 is 15.9 Å². The van der Waals surface area contributed by atoms with E-state index >= 15 is 0 Å². The number of benzene rings is 2. The van der Waals surface area contributed by atoms with Gasteiger partial charge in [0.25, 0.3) is 0 Å². The van der Waals surface area contributed by atoms with Gasteiger partial charge in [0.2, 0.25) is 27.1 Å². The molecule has 0 bridgehead atoms. The fourth-order valence-electron chi connectivity index (χ4n) is 4.74. The Hall–Kier alpha value is -3.47. The number of amides is 1. The summed E-state index contributed by atoms with van der Waals surface area (Å²) < 4.78 is 38.4. The number of ether oxygens (including phenoxy) is 1. The molecule has 10 heteroatoms. The molecule has 1 amide bonds. The van der Waals surface area contributed by atoms with E-state index in [4.69, 9.17) is 9.15 Å². The van der Waals surface area contributed by atoms with E-state index < -0.39 is 10.0 Å². The van der Waals surface area contributed by atoms with E-state index in [1.807, 2.05) is 12.1 Å². The maximum Gasteiger partial charge on any atom is 0.243 e. The minimum atomic E-state index is -3.75. The van der Waals surface area contributed by atoms with E-state index in [1.54, 1.807) is 36.1 Å². The second-order valence-electron chi connectivity index (χ2n) is 9.32. The third-order valence-electron chi connectivity index (χ3n) is 6.75. The molecular weight excluding hydrogens is 494 g/mol. The highest BCUT2D eigenvalue weighted by Crippen LogP contribution is 2.24.